The minimum Gasteiger partial charge on any atom is -0.481 e. The highest BCUT2D eigenvalue weighted by Gasteiger charge is 2.33. The molecule has 5 rings (SSSR count). The molecule has 3 aliphatic rings. The highest BCUT2D eigenvalue weighted by Crippen LogP contribution is 2.36. The van der Waals surface area contributed by atoms with Gasteiger partial charge >= 0.3 is 12.0 Å². The molecular formula is C31H33ClN4O5. The molecule has 0 saturated carbocycles. The number of hydrogen-bond donors (Lipinski definition) is 4. The van der Waals surface area contributed by atoms with Gasteiger partial charge in [0.1, 0.15) is 5.76 Å². The number of carboxylic acid groups (broad SMARTS) is 1. The summed E-state index contributed by atoms with van der Waals surface area (Å²) in [6.45, 7) is 2.43. The maximum Gasteiger partial charge on any atom is 0.315 e. The van der Waals surface area contributed by atoms with Crippen molar-refractivity contribution in [2.75, 3.05) is 26.2 Å². The Morgan fingerprint density at radius 3 is 2.73 bits per heavy atom. The highest BCUT2D eigenvalue weighted by atomic mass is 35.5. The van der Waals surface area contributed by atoms with Crippen molar-refractivity contribution in [1.29, 1.82) is 0 Å². The molecule has 214 valence electrons. The maximum absolute atomic E-state index is 12.5. The number of aromatic nitrogens is 1. The molecule has 9 nitrogen and oxygen atoms in total. The Balaban J connectivity index is 1.27. The maximum atomic E-state index is 12.5. The van der Waals surface area contributed by atoms with Crippen LogP contribution in [-0.4, -0.2) is 64.3 Å². The number of carboxylic acids is 1. The molecule has 1 aliphatic carbocycles. The average Bonchev–Trinajstić information content (AvgIpc) is 3.11. The van der Waals surface area contributed by atoms with E-state index in [1.807, 2.05) is 60.7 Å². The number of aliphatic hydroxyl groups is 1. The van der Waals surface area contributed by atoms with Gasteiger partial charge in [-0.15, -0.1) is 0 Å². The number of fused-ring (bicyclic) bond motifs is 2. The van der Waals surface area contributed by atoms with E-state index in [1.165, 1.54) is 0 Å². The van der Waals surface area contributed by atoms with E-state index in [2.05, 4.69) is 26.6 Å². The Kier molecular flexibility index (Phi) is 8.87. The van der Waals surface area contributed by atoms with Crippen LogP contribution in [0.3, 0.4) is 0 Å². The van der Waals surface area contributed by atoms with E-state index < -0.39 is 23.6 Å². The Bertz CT molecular complexity index is 1410. The van der Waals surface area contributed by atoms with Gasteiger partial charge in [0.05, 0.1) is 18.1 Å². The van der Waals surface area contributed by atoms with Gasteiger partial charge in [0.25, 0.3) is 0 Å². The molecule has 0 spiro atoms. The number of allylic oxidation sites excluding steroid dienone is 4. The van der Waals surface area contributed by atoms with Gasteiger partial charge in [-0.25, -0.2) is 9.78 Å². The summed E-state index contributed by atoms with van der Waals surface area (Å²) in [7, 11) is 0. The fourth-order valence-electron chi connectivity index (χ4n) is 5.27. The smallest absolute Gasteiger partial charge is 0.315 e. The third kappa shape index (κ3) is 7.05. The largest absolute Gasteiger partial charge is 0.481 e. The predicted molar refractivity (Wildman–Crippen MR) is 156 cm³/mol. The summed E-state index contributed by atoms with van der Waals surface area (Å²) in [6, 6.07) is 10.3. The number of hydrogen-bond acceptors (Lipinski definition) is 6. The molecule has 1 aromatic carbocycles. The number of ether oxygens (including phenoxy) is 1. The number of halogens is 1. The van der Waals surface area contributed by atoms with Crippen LogP contribution >= 0.6 is 11.6 Å². The first-order valence-corrected chi connectivity index (χ1v) is 14.1. The van der Waals surface area contributed by atoms with Crippen molar-refractivity contribution in [3.8, 4) is 5.88 Å². The minimum atomic E-state index is -0.977. The lowest BCUT2D eigenvalue weighted by Crippen LogP contribution is -2.43. The number of rotatable bonds is 8. The van der Waals surface area contributed by atoms with Crippen LogP contribution in [-0.2, 0) is 10.4 Å². The molecule has 1 fully saturated rings. The van der Waals surface area contributed by atoms with Gasteiger partial charge < -0.3 is 30.5 Å². The van der Waals surface area contributed by atoms with Gasteiger partial charge in [-0.05, 0) is 66.8 Å². The number of nitrogens with zero attached hydrogens (tertiary/aromatic N) is 2. The molecular weight excluding hydrogens is 544 g/mol. The molecule has 2 amide bonds. The third-order valence-electron chi connectivity index (χ3n) is 7.56. The van der Waals surface area contributed by atoms with Crippen LogP contribution in [0.5, 0.6) is 5.88 Å². The lowest BCUT2D eigenvalue weighted by Gasteiger charge is -2.38. The summed E-state index contributed by atoms with van der Waals surface area (Å²) in [6.07, 6.45) is 13.3. The molecule has 1 saturated heterocycles. The van der Waals surface area contributed by atoms with Crippen molar-refractivity contribution in [3.05, 3.63) is 100 Å². The first-order chi connectivity index (χ1) is 19.8. The summed E-state index contributed by atoms with van der Waals surface area (Å²) < 4.78 is 6.18. The van der Waals surface area contributed by atoms with E-state index in [-0.39, 0.29) is 13.0 Å². The fraction of sp³-hybridized carbons (Fsp3) is 0.323. The number of likely N-dealkylation sites (tertiary alicyclic amines) is 1. The fourth-order valence-corrected chi connectivity index (χ4v) is 5.40. The van der Waals surface area contributed by atoms with Crippen LogP contribution in [0.2, 0.25) is 5.02 Å². The topological polar surface area (TPSA) is 124 Å². The Morgan fingerprint density at radius 2 is 1.98 bits per heavy atom. The van der Waals surface area contributed by atoms with Gasteiger partial charge in [-0.1, -0.05) is 42.0 Å². The van der Waals surface area contributed by atoms with E-state index in [9.17, 15) is 14.7 Å². The molecule has 0 bridgehead atoms. The van der Waals surface area contributed by atoms with Gasteiger partial charge in [-0.3, -0.25) is 4.79 Å². The summed E-state index contributed by atoms with van der Waals surface area (Å²) in [5.41, 5.74) is 2.63. The normalized spacial score (nSPS) is 20.5. The molecule has 2 aromatic rings. The SMILES string of the molecule is O=C(O)CCNC(=O)NC1C=CC=C2Oc3ncccc3C(=CCCN3CCC(O)(c4ccc(Cl)cc4)CC3)C=C21. The van der Waals surface area contributed by atoms with Crippen LogP contribution < -0.4 is 15.4 Å². The zero-order chi connectivity index (χ0) is 28.8. The number of carbonyl (C=O) groups excluding carboxylic acids is 1. The van der Waals surface area contributed by atoms with E-state index in [0.717, 1.165) is 48.3 Å². The second-order valence-electron chi connectivity index (χ2n) is 10.3. The number of urea groups is 1. The van der Waals surface area contributed by atoms with E-state index in [4.69, 9.17) is 21.4 Å². The summed E-state index contributed by atoms with van der Waals surface area (Å²) in [5, 5.41) is 26.2. The monoisotopic (exact) mass is 576 g/mol. The van der Waals surface area contributed by atoms with E-state index in [1.54, 1.807) is 6.20 Å². The zero-order valence-corrected chi connectivity index (χ0v) is 23.3. The van der Waals surface area contributed by atoms with Gasteiger partial charge in [0.2, 0.25) is 5.88 Å². The van der Waals surface area contributed by atoms with Crippen molar-refractivity contribution in [2.24, 2.45) is 0 Å². The predicted octanol–water partition coefficient (Wildman–Crippen LogP) is 4.41. The molecule has 3 heterocycles. The Labute approximate surface area is 243 Å². The average molecular weight is 577 g/mol. The zero-order valence-electron chi connectivity index (χ0n) is 22.6. The number of piperidine rings is 1. The van der Waals surface area contributed by atoms with E-state index >= 15 is 0 Å². The van der Waals surface area contributed by atoms with E-state index in [0.29, 0.717) is 29.5 Å². The van der Waals surface area contributed by atoms with Crippen LogP contribution in [0.15, 0.2) is 84.3 Å². The van der Waals surface area contributed by atoms with Crippen LogP contribution in [0, 0.1) is 0 Å². The lowest BCUT2D eigenvalue weighted by molar-refractivity contribution is -0.136. The number of nitrogens with one attached hydrogen (secondary N) is 2. The van der Waals surface area contributed by atoms with Crippen molar-refractivity contribution in [2.45, 2.75) is 37.3 Å². The number of carbonyl (C=O) groups is 2. The van der Waals surface area contributed by atoms with Crippen molar-refractivity contribution in [3.63, 3.8) is 0 Å². The van der Waals surface area contributed by atoms with Crippen molar-refractivity contribution < 1.29 is 24.5 Å². The van der Waals surface area contributed by atoms with Gasteiger partial charge in [0.15, 0.2) is 0 Å². The molecule has 2 aliphatic heterocycles. The van der Waals surface area contributed by atoms with Crippen molar-refractivity contribution in [1.82, 2.24) is 20.5 Å². The second kappa shape index (κ2) is 12.7. The van der Waals surface area contributed by atoms with Gasteiger partial charge in [-0.2, -0.15) is 0 Å². The molecule has 4 N–H and O–H groups in total. The summed E-state index contributed by atoms with van der Waals surface area (Å²) in [4.78, 5) is 30.0. The molecule has 1 unspecified atom stereocenters. The number of pyridine rings is 1. The Hall–Kier alpha value is -3.92. The van der Waals surface area contributed by atoms with Crippen molar-refractivity contribution >= 4 is 29.2 Å². The molecule has 41 heavy (non-hydrogen) atoms. The van der Waals surface area contributed by atoms with Crippen LogP contribution in [0.25, 0.3) is 5.57 Å². The van der Waals surface area contributed by atoms with Crippen LogP contribution in [0.4, 0.5) is 4.79 Å². The number of aliphatic carboxylic acids is 1. The first kappa shape index (κ1) is 28.6. The van der Waals surface area contributed by atoms with Crippen LogP contribution in [0.1, 0.15) is 36.8 Å². The minimum absolute atomic E-state index is 0.0317. The number of amides is 2. The first-order valence-electron chi connectivity index (χ1n) is 13.7. The lowest BCUT2D eigenvalue weighted by atomic mass is 9.84. The Morgan fingerprint density at radius 1 is 1.20 bits per heavy atom. The molecule has 0 radical (unpaired) electrons. The summed E-state index contributed by atoms with van der Waals surface area (Å²) >= 11 is 6.02. The molecule has 1 atom stereocenters. The quantitative estimate of drug-likeness (QED) is 0.367. The molecule has 1 aromatic heterocycles. The number of benzene rings is 1. The standard InChI is InChI=1S/C31H33ClN4O5/c32-23-10-8-22(9-11-23)31(40)13-18-36(19-14-31)17-3-4-21-20-25-26(35-30(39)34-16-12-28(37)38)6-1-7-27(25)41-29-24(21)5-2-15-33-29/h1-2,4-11,15,20,26,40H,3,12-14,16-19H2,(H,37,38)(H2,34,35,39). The third-order valence-corrected chi connectivity index (χ3v) is 7.81. The highest BCUT2D eigenvalue weighted by molar-refractivity contribution is 6.30. The molecule has 10 heteroatoms. The van der Waals surface area contributed by atoms with Gasteiger partial charge in [0, 0.05) is 48.5 Å². The summed E-state index contributed by atoms with van der Waals surface area (Å²) in [5.74, 6) is 0.0983. The second-order valence-corrected chi connectivity index (χ2v) is 10.8.